The number of nitrogens with zero attached hydrogens (tertiary/aromatic N) is 4. The molecular weight excluding hydrogens is 382 g/mol. The maximum absolute atomic E-state index is 12.4. The van der Waals surface area contributed by atoms with E-state index < -0.39 is 0 Å². The molecule has 2 heterocycles. The Morgan fingerprint density at radius 1 is 1.07 bits per heavy atom. The van der Waals surface area contributed by atoms with Gasteiger partial charge in [0.25, 0.3) is 0 Å². The van der Waals surface area contributed by atoms with Gasteiger partial charge in [0.1, 0.15) is 0 Å². The molecule has 0 aliphatic heterocycles. The topological polar surface area (TPSA) is 72.7 Å². The number of pyridine rings is 1. The number of aryl methyl sites for hydroxylation is 2. The molecule has 0 aliphatic rings. The van der Waals surface area contributed by atoms with Gasteiger partial charge in [-0.05, 0) is 62.1 Å². The van der Waals surface area contributed by atoms with Crippen LogP contribution in [0.4, 0.5) is 0 Å². The van der Waals surface area contributed by atoms with Gasteiger partial charge in [0.2, 0.25) is 5.91 Å². The van der Waals surface area contributed by atoms with E-state index in [9.17, 15) is 4.79 Å². The van der Waals surface area contributed by atoms with Crippen molar-refractivity contribution in [1.29, 1.82) is 0 Å². The number of rotatable bonds is 7. The lowest BCUT2D eigenvalue weighted by molar-refractivity contribution is -0.119. The first kappa shape index (κ1) is 21.0. The number of hydrogen-bond donors (Lipinski definition) is 1. The summed E-state index contributed by atoms with van der Waals surface area (Å²) < 4.78 is 2.01. The Kier molecular flexibility index (Phi) is 6.69. The van der Waals surface area contributed by atoms with Gasteiger partial charge in [-0.1, -0.05) is 31.7 Å². The van der Waals surface area contributed by atoms with Crippen molar-refractivity contribution in [3.8, 4) is 17.1 Å². The number of aromatic nitrogens is 4. The van der Waals surface area contributed by atoms with E-state index in [1.807, 2.05) is 23.6 Å². The van der Waals surface area contributed by atoms with E-state index >= 15 is 0 Å². The SMILES string of the molecule is Cc1ccc(-n2c(SCC(=O)N[C@H](C)C(C)C)nnc2-c2ccncc2)cc1C. The molecule has 1 atom stereocenters. The first-order chi connectivity index (χ1) is 13.9. The molecule has 2 aromatic heterocycles. The van der Waals surface area contributed by atoms with Crippen LogP contribution in [-0.4, -0.2) is 37.5 Å². The second-order valence-corrected chi connectivity index (χ2v) is 8.48. The van der Waals surface area contributed by atoms with E-state index in [1.54, 1.807) is 12.4 Å². The third-order valence-electron chi connectivity index (χ3n) is 5.04. The maximum atomic E-state index is 12.4. The summed E-state index contributed by atoms with van der Waals surface area (Å²) in [5.41, 5.74) is 4.32. The summed E-state index contributed by atoms with van der Waals surface area (Å²) in [6, 6.07) is 10.2. The van der Waals surface area contributed by atoms with Crippen LogP contribution in [0.5, 0.6) is 0 Å². The quantitative estimate of drug-likeness (QED) is 0.592. The minimum Gasteiger partial charge on any atom is -0.353 e. The van der Waals surface area contributed by atoms with Crippen molar-refractivity contribution in [2.75, 3.05) is 5.75 Å². The molecule has 0 unspecified atom stereocenters. The third-order valence-corrected chi connectivity index (χ3v) is 5.97. The maximum Gasteiger partial charge on any atom is 0.230 e. The fourth-order valence-corrected chi connectivity index (χ4v) is 3.50. The Balaban J connectivity index is 1.92. The summed E-state index contributed by atoms with van der Waals surface area (Å²) in [6.45, 7) is 10.4. The summed E-state index contributed by atoms with van der Waals surface area (Å²) >= 11 is 1.39. The second kappa shape index (κ2) is 9.22. The Morgan fingerprint density at radius 2 is 1.79 bits per heavy atom. The standard InChI is InChI=1S/C22H27N5OS/c1-14(2)17(5)24-20(28)13-29-22-26-25-21(18-8-10-23-11-9-18)27(22)19-7-6-15(3)16(4)12-19/h6-12,14,17H,13H2,1-5H3,(H,24,28)/t17-/m1/s1. The van der Waals surface area contributed by atoms with Crippen LogP contribution in [0.1, 0.15) is 31.9 Å². The lowest BCUT2D eigenvalue weighted by atomic mass is 10.1. The van der Waals surface area contributed by atoms with Crippen LogP contribution in [0.3, 0.4) is 0 Å². The van der Waals surface area contributed by atoms with Crippen LogP contribution in [0.2, 0.25) is 0 Å². The predicted octanol–water partition coefficient (Wildman–Crippen LogP) is 4.20. The molecule has 0 spiro atoms. The van der Waals surface area contributed by atoms with Crippen molar-refractivity contribution in [1.82, 2.24) is 25.1 Å². The second-order valence-electron chi connectivity index (χ2n) is 7.53. The zero-order valence-electron chi connectivity index (χ0n) is 17.5. The minimum atomic E-state index is -0.00343. The van der Waals surface area contributed by atoms with Crippen molar-refractivity contribution in [3.05, 3.63) is 53.9 Å². The number of carbonyl (C=O) groups excluding carboxylic acids is 1. The van der Waals surface area contributed by atoms with E-state index in [1.165, 1.54) is 22.9 Å². The molecule has 0 bridgehead atoms. The van der Waals surface area contributed by atoms with Crippen molar-refractivity contribution in [2.24, 2.45) is 5.92 Å². The van der Waals surface area contributed by atoms with Crippen molar-refractivity contribution < 1.29 is 4.79 Å². The first-order valence-electron chi connectivity index (χ1n) is 9.72. The molecule has 0 aliphatic carbocycles. The van der Waals surface area contributed by atoms with Gasteiger partial charge in [-0.25, -0.2) is 0 Å². The third kappa shape index (κ3) is 5.03. The highest BCUT2D eigenvalue weighted by atomic mass is 32.2. The average molecular weight is 410 g/mol. The molecule has 3 rings (SSSR count). The molecule has 0 saturated carbocycles. The molecule has 1 N–H and O–H groups in total. The van der Waals surface area contributed by atoms with Gasteiger partial charge in [0, 0.05) is 24.0 Å². The van der Waals surface area contributed by atoms with E-state index in [4.69, 9.17) is 0 Å². The van der Waals surface area contributed by atoms with Gasteiger partial charge in [0.05, 0.1) is 11.4 Å². The molecule has 0 radical (unpaired) electrons. The van der Waals surface area contributed by atoms with E-state index in [0.717, 1.165) is 17.1 Å². The minimum absolute atomic E-state index is 0.00343. The van der Waals surface area contributed by atoms with Gasteiger partial charge < -0.3 is 5.32 Å². The van der Waals surface area contributed by atoms with Gasteiger partial charge in [-0.2, -0.15) is 0 Å². The van der Waals surface area contributed by atoms with Crippen LogP contribution < -0.4 is 5.32 Å². The number of benzene rings is 1. The molecule has 0 saturated heterocycles. The smallest absolute Gasteiger partial charge is 0.230 e. The molecular formula is C22H27N5OS. The number of carbonyl (C=O) groups is 1. The fraction of sp³-hybridized carbons (Fsp3) is 0.364. The van der Waals surface area contributed by atoms with Crippen LogP contribution in [-0.2, 0) is 4.79 Å². The highest BCUT2D eigenvalue weighted by Crippen LogP contribution is 2.28. The molecule has 152 valence electrons. The van der Waals surface area contributed by atoms with Crippen LogP contribution in [0.25, 0.3) is 17.1 Å². The monoisotopic (exact) mass is 409 g/mol. The van der Waals surface area contributed by atoms with Crippen LogP contribution in [0.15, 0.2) is 47.9 Å². The van der Waals surface area contributed by atoms with Crippen molar-refractivity contribution >= 4 is 17.7 Å². The van der Waals surface area contributed by atoms with E-state index in [2.05, 4.69) is 66.4 Å². The predicted molar refractivity (Wildman–Crippen MR) is 117 cm³/mol. The highest BCUT2D eigenvalue weighted by molar-refractivity contribution is 7.99. The Labute approximate surface area is 176 Å². The number of hydrogen-bond acceptors (Lipinski definition) is 5. The largest absolute Gasteiger partial charge is 0.353 e. The Bertz CT molecular complexity index is 984. The summed E-state index contributed by atoms with van der Waals surface area (Å²) in [6.07, 6.45) is 3.48. The molecule has 7 heteroatoms. The summed E-state index contributed by atoms with van der Waals surface area (Å²) in [5.74, 6) is 1.41. The number of amides is 1. The van der Waals surface area contributed by atoms with Crippen LogP contribution >= 0.6 is 11.8 Å². The Hall–Kier alpha value is -2.67. The normalized spacial score (nSPS) is 12.2. The first-order valence-corrected chi connectivity index (χ1v) is 10.7. The zero-order valence-corrected chi connectivity index (χ0v) is 18.3. The Morgan fingerprint density at radius 3 is 2.45 bits per heavy atom. The molecule has 29 heavy (non-hydrogen) atoms. The van der Waals surface area contributed by atoms with Gasteiger partial charge in [-0.15, -0.1) is 10.2 Å². The molecule has 1 amide bonds. The molecule has 6 nitrogen and oxygen atoms in total. The summed E-state index contributed by atoms with van der Waals surface area (Å²) in [5, 5.41) is 12.5. The average Bonchev–Trinajstić information content (AvgIpc) is 3.13. The van der Waals surface area contributed by atoms with E-state index in [-0.39, 0.29) is 17.7 Å². The van der Waals surface area contributed by atoms with Crippen LogP contribution in [0, 0.1) is 19.8 Å². The van der Waals surface area contributed by atoms with Crippen molar-refractivity contribution in [3.63, 3.8) is 0 Å². The van der Waals surface area contributed by atoms with Gasteiger partial charge in [-0.3, -0.25) is 14.3 Å². The summed E-state index contributed by atoms with van der Waals surface area (Å²) in [4.78, 5) is 16.4. The van der Waals surface area contributed by atoms with Gasteiger partial charge in [0.15, 0.2) is 11.0 Å². The number of thioether (sulfide) groups is 1. The van der Waals surface area contributed by atoms with E-state index in [0.29, 0.717) is 11.1 Å². The molecule has 3 aromatic rings. The number of nitrogens with one attached hydrogen (secondary N) is 1. The lowest BCUT2D eigenvalue weighted by Crippen LogP contribution is -2.37. The molecule has 0 fully saturated rings. The lowest BCUT2D eigenvalue weighted by Gasteiger charge is -2.17. The molecule has 1 aromatic carbocycles. The van der Waals surface area contributed by atoms with Crippen molar-refractivity contribution in [2.45, 2.75) is 45.8 Å². The fourth-order valence-electron chi connectivity index (χ4n) is 2.74. The summed E-state index contributed by atoms with van der Waals surface area (Å²) in [7, 11) is 0. The highest BCUT2D eigenvalue weighted by Gasteiger charge is 2.18. The van der Waals surface area contributed by atoms with Gasteiger partial charge >= 0.3 is 0 Å². The zero-order chi connectivity index (χ0) is 21.0.